The number of hydrogen-bond donors (Lipinski definition) is 2. The van der Waals surface area contributed by atoms with Crippen LogP contribution in [0.1, 0.15) is 12.8 Å². The fraction of sp³-hybridized carbons (Fsp3) is 0.385. The number of nitrogens with one attached hydrogen (secondary N) is 1. The lowest BCUT2D eigenvalue weighted by molar-refractivity contribution is -0.141. The van der Waals surface area contributed by atoms with Gasteiger partial charge in [0.15, 0.2) is 9.84 Å². The van der Waals surface area contributed by atoms with Crippen LogP contribution >= 0.6 is 0 Å². The number of anilines is 1. The first kappa shape index (κ1) is 15.3. The number of carbonyl (C=O) groups excluding carboxylic acids is 1. The Kier molecular flexibility index (Phi) is 4.17. The van der Waals surface area contributed by atoms with Crippen LogP contribution in [0, 0.1) is 0 Å². The third-order valence-corrected chi connectivity index (χ3v) is 4.46. The lowest BCUT2D eigenvalue weighted by Gasteiger charge is -2.21. The summed E-state index contributed by atoms with van der Waals surface area (Å²) in [6, 6.07) is 4.43. The minimum Gasteiger partial charge on any atom is -0.480 e. The molecule has 0 radical (unpaired) electrons. The van der Waals surface area contributed by atoms with Gasteiger partial charge in [0.05, 0.1) is 4.90 Å². The second kappa shape index (κ2) is 5.72. The molecule has 0 spiro atoms. The highest BCUT2D eigenvalue weighted by Crippen LogP contribution is 2.20. The predicted octanol–water partition coefficient (Wildman–Crippen LogP) is 1.17. The Morgan fingerprint density at radius 1 is 1.29 bits per heavy atom. The van der Waals surface area contributed by atoms with Gasteiger partial charge in [-0.25, -0.2) is 18.0 Å². The maximum atomic E-state index is 12.0. The van der Waals surface area contributed by atoms with Gasteiger partial charge in [-0.1, -0.05) is 0 Å². The van der Waals surface area contributed by atoms with E-state index in [2.05, 4.69) is 5.32 Å². The van der Waals surface area contributed by atoms with E-state index in [9.17, 15) is 18.0 Å². The number of carbonyl (C=O) groups is 2. The molecule has 21 heavy (non-hydrogen) atoms. The summed E-state index contributed by atoms with van der Waals surface area (Å²) in [5.41, 5.74) is 0.420. The van der Waals surface area contributed by atoms with Crippen molar-refractivity contribution in [3.8, 4) is 0 Å². The van der Waals surface area contributed by atoms with Crippen molar-refractivity contribution in [2.45, 2.75) is 23.8 Å². The molecule has 0 aliphatic carbocycles. The first-order valence-electron chi connectivity index (χ1n) is 6.39. The fourth-order valence-electron chi connectivity index (χ4n) is 2.25. The van der Waals surface area contributed by atoms with Crippen molar-refractivity contribution in [3.05, 3.63) is 24.3 Å². The number of urea groups is 1. The van der Waals surface area contributed by atoms with Gasteiger partial charge in [-0.3, -0.25) is 0 Å². The van der Waals surface area contributed by atoms with Crippen LogP contribution in [0.4, 0.5) is 10.5 Å². The normalized spacial score (nSPS) is 18.5. The third kappa shape index (κ3) is 3.52. The van der Waals surface area contributed by atoms with Crippen molar-refractivity contribution >= 4 is 27.5 Å². The molecule has 1 fully saturated rings. The maximum Gasteiger partial charge on any atom is 0.326 e. The van der Waals surface area contributed by atoms with Gasteiger partial charge in [0.2, 0.25) is 0 Å². The molecule has 2 rings (SSSR count). The molecular formula is C13H16N2O5S. The second-order valence-electron chi connectivity index (χ2n) is 4.92. The summed E-state index contributed by atoms with van der Waals surface area (Å²) in [4.78, 5) is 24.5. The lowest BCUT2D eigenvalue weighted by Crippen LogP contribution is -2.42. The number of benzene rings is 1. The Labute approximate surface area is 122 Å². The SMILES string of the molecule is CS(=O)(=O)c1ccc(NC(=O)N2CCC[C@@H]2C(=O)O)cc1. The molecule has 0 unspecified atom stereocenters. The molecule has 1 aromatic carbocycles. The standard InChI is InChI=1S/C13H16N2O5S/c1-21(19,20)10-6-4-9(5-7-10)14-13(18)15-8-2-3-11(15)12(16)17/h4-7,11H,2-3,8H2,1H3,(H,14,18)(H,16,17)/t11-/m1/s1. The van der Waals surface area contributed by atoms with Gasteiger partial charge < -0.3 is 15.3 Å². The van der Waals surface area contributed by atoms with Gasteiger partial charge in [-0.2, -0.15) is 0 Å². The van der Waals surface area contributed by atoms with Crippen LogP contribution in [0.5, 0.6) is 0 Å². The van der Waals surface area contributed by atoms with Crippen LogP contribution in [0.25, 0.3) is 0 Å². The molecular weight excluding hydrogens is 296 g/mol. The summed E-state index contributed by atoms with van der Waals surface area (Å²) in [5, 5.41) is 11.6. The van der Waals surface area contributed by atoms with Crippen molar-refractivity contribution in [3.63, 3.8) is 0 Å². The zero-order valence-electron chi connectivity index (χ0n) is 11.4. The molecule has 0 saturated carbocycles. The molecule has 8 heteroatoms. The molecule has 1 aliphatic rings. The quantitative estimate of drug-likeness (QED) is 0.872. The highest BCUT2D eigenvalue weighted by Gasteiger charge is 2.33. The Balaban J connectivity index is 2.08. The summed E-state index contributed by atoms with van der Waals surface area (Å²) >= 11 is 0. The predicted molar refractivity (Wildman–Crippen MR) is 75.9 cm³/mol. The molecule has 114 valence electrons. The van der Waals surface area contributed by atoms with E-state index in [4.69, 9.17) is 5.11 Å². The topological polar surface area (TPSA) is 104 Å². The van der Waals surface area contributed by atoms with E-state index in [1.165, 1.54) is 29.2 Å². The van der Waals surface area contributed by atoms with E-state index in [0.29, 0.717) is 25.1 Å². The summed E-state index contributed by atoms with van der Waals surface area (Å²) in [6.07, 6.45) is 2.19. The van der Waals surface area contributed by atoms with Crippen molar-refractivity contribution in [2.75, 3.05) is 18.1 Å². The molecule has 2 amide bonds. The minimum atomic E-state index is -3.28. The van der Waals surface area contributed by atoms with E-state index in [-0.39, 0.29) is 4.90 Å². The monoisotopic (exact) mass is 312 g/mol. The minimum absolute atomic E-state index is 0.157. The molecule has 1 heterocycles. The van der Waals surface area contributed by atoms with Crippen LogP contribution in [0.3, 0.4) is 0 Å². The average molecular weight is 312 g/mol. The van der Waals surface area contributed by atoms with Crippen LogP contribution in [-0.4, -0.2) is 49.3 Å². The molecule has 1 saturated heterocycles. The first-order valence-corrected chi connectivity index (χ1v) is 8.29. The van der Waals surface area contributed by atoms with E-state index in [1.54, 1.807) is 0 Å². The average Bonchev–Trinajstić information content (AvgIpc) is 2.87. The Hall–Kier alpha value is -2.09. The van der Waals surface area contributed by atoms with Crippen molar-refractivity contribution in [1.29, 1.82) is 0 Å². The smallest absolute Gasteiger partial charge is 0.326 e. The van der Waals surface area contributed by atoms with Crippen molar-refractivity contribution < 1.29 is 23.1 Å². The molecule has 2 N–H and O–H groups in total. The van der Waals surface area contributed by atoms with Gasteiger partial charge in [0.25, 0.3) is 0 Å². The highest BCUT2D eigenvalue weighted by atomic mass is 32.2. The molecule has 7 nitrogen and oxygen atoms in total. The zero-order valence-corrected chi connectivity index (χ0v) is 12.3. The maximum absolute atomic E-state index is 12.0. The van der Waals surface area contributed by atoms with Gasteiger partial charge >= 0.3 is 12.0 Å². The van der Waals surface area contributed by atoms with E-state index >= 15 is 0 Å². The number of rotatable bonds is 3. The second-order valence-corrected chi connectivity index (χ2v) is 6.93. The number of nitrogens with zero attached hydrogens (tertiary/aromatic N) is 1. The highest BCUT2D eigenvalue weighted by molar-refractivity contribution is 7.90. The Morgan fingerprint density at radius 2 is 1.90 bits per heavy atom. The fourth-order valence-corrected chi connectivity index (χ4v) is 2.88. The summed E-state index contributed by atoms with van der Waals surface area (Å²) in [7, 11) is -3.28. The van der Waals surface area contributed by atoms with Gasteiger partial charge in [0.1, 0.15) is 6.04 Å². The lowest BCUT2D eigenvalue weighted by atomic mass is 10.2. The molecule has 1 atom stereocenters. The van der Waals surface area contributed by atoms with Crippen LogP contribution in [0.15, 0.2) is 29.2 Å². The van der Waals surface area contributed by atoms with E-state index < -0.39 is 27.9 Å². The first-order chi connectivity index (χ1) is 9.79. The molecule has 1 aliphatic heterocycles. The number of hydrogen-bond acceptors (Lipinski definition) is 4. The Bertz CT molecular complexity index is 654. The summed E-state index contributed by atoms with van der Waals surface area (Å²) < 4.78 is 22.7. The third-order valence-electron chi connectivity index (χ3n) is 3.33. The number of likely N-dealkylation sites (tertiary alicyclic amines) is 1. The molecule has 1 aromatic rings. The number of aliphatic carboxylic acids is 1. The summed E-state index contributed by atoms with van der Waals surface area (Å²) in [5.74, 6) is -1.02. The van der Waals surface area contributed by atoms with Gasteiger partial charge in [-0.15, -0.1) is 0 Å². The van der Waals surface area contributed by atoms with E-state index in [0.717, 1.165) is 6.26 Å². The molecule has 0 aromatic heterocycles. The van der Waals surface area contributed by atoms with Crippen LogP contribution < -0.4 is 5.32 Å². The Morgan fingerprint density at radius 3 is 2.43 bits per heavy atom. The van der Waals surface area contributed by atoms with Crippen molar-refractivity contribution in [2.24, 2.45) is 0 Å². The molecule has 0 bridgehead atoms. The van der Waals surface area contributed by atoms with Crippen LogP contribution in [-0.2, 0) is 14.6 Å². The zero-order chi connectivity index (χ0) is 15.6. The van der Waals surface area contributed by atoms with Crippen LogP contribution in [0.2, 0.25) is 0 Å². The van der Waals surface area contributed by atoms with Gasteiger partial charge in [-0.05, 0) is 37.1 Å². The number of sulfone groups is 1. The number of carboxylic acids is 1. The largest absolute Gasteiger partial charge is 0.480 e. The summed E-state index contributed by atoms with van der Waals surface area (Å²) in [6.45, 7) is 0.393. The van der Waals surface area contributed by atoms with Gasteiger partial charge in [0, 0.05) is 18.5 Å². The van der Waals surface area contributed by atoms with Crippen molar-refractivity contribution in [1.82, 2.24) is 4.90 Å². The number of amides is 2. The number of carboxylic acid groups (broad SMARTS) is 1. The van der Waals surface area contributed by atoms with E-state index in [1.807, 2.05) is 0 Å².